The number of benzene rings is 3. The van der Waals surface area contributed by atoms with Crippen LogP contribution in [0.1, 0.15) is 43.2 Å². The molecular weight excluding hydrogens is 464 g/mol. The zero-order valence-corrected chi connectivity index (χ0v) is 20.6. The number of carbonyl (C=O) groups excluding carboxylic acids is 1. The summed E-state index contributed by atoms with van der Waals surface area (Å²) < 4.78 is 1.59. The van der Waals surface area contributed by atoms with Crippen molar-refractivity contribution < 1.29 is 4.79 Å². The van der Waals surface area contributed by atoms with Gasteiger partial charge in [0.25, 0.3) is 5.91 Å². The summed E-state index contributed by atoms with van der Waals surface area (Å²) in [4.78, 5) is 19.6. The summed E-state index contributed by atoms with van der Waals surface area (Å²) in [6.45, 7) is 5.83. The van der Waals surface area contributed by atoms with Crippen LogP contribution in [0.3, 0.4) is 0 Å². The molecule has 0 saturated heterocycles. The van der Waals surface area contributed by atoms with Crippen molar-refractivity contribution >= 4 is 39.6 Å². The van der Waals surface area contributed by atoms with Crippen LogP contribution in [0.25, 0.3) is 16.5 Å². The number of hydrogen-bond acceptors (Lipinski definition) is 4. The largest absolute Gasteiger partial charge is 0.338 e. The number of nitrogens with zero attached hydrogens (tertiary/aromatic N) is 3. The first kappa shape index (κ1) is 22.3. The van der Waals surface area contributed by atoms with Crippen molar-refractivity contribution in [2.24, 2.45) is 0 Å². The van der Waals surface area contributed by atoms with Crippen molar-refractivity contribution in [3.05, 3.63) is 110 Å². The zero-order valence-electron chi connectivity index (χ0n) is 19.0. The third-order valence-electron chi connectivity index (χ3n) is 5.93. The first-order valence-corrected chi connectivity index (χ1v) is 12.2. The van der Waals surface area contributed by atoms with Gasteiger partial charge in [-0.3, -0.25) is 4.79 Å². The molecule has 0 radical (unpaired) electrons. The summed E-state index contributed by atoms with van der Waals surface area (Å²) in [5.41, 5.74) is 3.68. The number of thiazole rings is 1. The predicted octanol–water partition coefficient (Wildman–Crippen LogP) is 6.58. The molecule has 2 aromatic heterocycles. The Morgan fingerprint density at radius 2 is 1.65 bits per heavy atom. The van der Waals surface area contributed by atoms with Gasteiger partial charge in [0, 0.05) is 4.88 Å². The van der Waals surface area contributed by atoms with Crippen molar-refractivity contribution in [3.8, 4) is 5.69 Å². The van der Waals surface area contributed by atoms with Crippen LogP contribution in [0, 0.1) is 20.8 Å². The van der Waals surface area contributed by atoms with E-state index >= 15 is 0 Å². The molecule has 3 aromatic carbocycles. The van der Waals surface area contributed by atoms with Crippen LogP contribution in [-0.2, 0) is 0 Å². The number of rotatable bonds is 5. The van der Waals surface area contributed by atoms with Crippen molar-refractivity contribution in [2.45, 2.75) is 26.8 Å². The van der Waals surface area contributed by atoms with E-state index in [1.807, 2.05) is 68.4 Å². The van der Waals surface area contributed by atoms with E-state index in [-0.39, 0.29) is 11.1 Å². The Kier molecular flexibility index (Phi) is 5.94. The molecule has 2 heterocycles. The number of fused-ring (bicyclic) bond motifs is 1. The zero-order chi connectivity index (χ0) is 23.8. The Balaban J connectivity index is 1.59. The molecule has 0 saturated carbocycles. The van der Waals surface area contributed by atoms with Crippen LogP contribution in [0.15, 0.2) is 72.8 Å². The van der Waals surface area contributed by atoms with Crippen molar-refractivity contribution in [1.82, 2.24) is 20.1 Å². The molecule has 5 aromatic rings. The summed E-state index contributed by atoms with van der Waals surface area (Å²) in [6.07, 6.45) is 0. The number of aromatic nitrogens is 3. The molecule has 1 atom stereocenters. The van der Waals surface area contributed by atoms with Gasteiger partial charge in [-0.15, -0.1) is 11.3 Å². The average Bonchev–Trinajstić information content (AvgIpc) is 3.34. The lowest BCUT2D eigenvalue weighted by atomic mass is 9.98. The number of halogens is 1. The number of hydrogen-bond donors (Lipinski definition) is 1. The van der Waals surface area contributed by atoms with Crippen LogP contribution in [0.5, 0.6) is 0 Å². The number of nitrogens with one attached hydrogen (secondary N) is 1. The molecule has 1 amide bonds. The molecule has 0 spiro atoms. The third kappa shape index (κ3) is 4.00. The van der Waals surface area contributed by atoms with Crippen LogP contribution in [0.4, 0.5) is 0 Å². The monoisotopic (exact) mass is 486 g/mol. The fourth-order valence-electron chi connectivity index (χ4n) is 4.10. The quantitative estimate of drug-likeness (QED) is 0.305. The molecule has 7 heteroatoms. The summed E-state index contributed by atoms with van der Waals surface area (Å²) >= 11 is 8.28. The smallest absolute Gasteiger partial charge is 0.257 e. The van der Waals surface area contributed by atoms with Gasteiger partial charge in [0.1, 0.15) is 16.2 Å². The molecule has 5 nitrogen and oxygen atoms in total. The highest BCUT2D eigenvalue weighted by molar-refractivity contribution is 7.11. The van der Waals surface area contributed by atoms with Crippen LogP contribution in [-0.4, -0.2) is 20.7 Å². The number of para-hydroxylation sites is 1. The maximum absolute atomic E-state index is 13.6. The molecule has 5 rings (SSSR count). The second-order valence-electron chi connectivity index (χ2n) is 8.17. The lowest BCUT2D eigenvalue weighted by Gasteiger charge is -2.19. The molecule has 0 fully saturated rings. The topological polar surface area (TPSA) is 59.8 Å². The molecule has 0 aliphatic heterocycles. The van der Waals surface area contributed by atoms with Gasteiger partial charge in [0.2, 0.25) is 0 Å². The molecule has 0 bridgehead atoms. The van der Waals surface area contributed by atoms with Gasteiger partial charge in [0.15, 0.2) is 0 Å². The van der Waals surface area contributed by atoms with E-state index in [9.17, 15) is 4.79 Å². The van der Waals surface area contributed by atoms with Gasteiger partial charge in [0.05, 0.1) is 22.6 Å². The average molecular weight is 487 g/mol. The van der Waals surface area contributed by atoms with E-state index in [4.69, 9.17) is 16.6 Å². The third-order valence-corrected chi connectivity index (χ3v) is 7.42. The highest BCUT2D eigenvalue weighted by Crippen LogP contribution is 2.33. The minimum atomic E-state index is -0.424. The Morgan fingerprint density at radius 1 is 0.941 bits per heavy atom. The lowest BCUT2D eigenvalue weighted by molar-refractivity contribution is 0.0942. The van der Waals surface area contributed by atoms with Crippen molar-refractivity contribution in [2.75, 3.05) is 0 Å². The summed E-state index contributed by atoms with van der Waals surface area (Å²) in [6, 6.07) is 23.4. The van der Waals surface area contributed by atoms with Gasteiger partial charge in [-0.1, -0.05) is 72.3 Å². The Bertz CT molecular complexity index is 1480. The highest BCUT2D eigenvalue weighted by Gasteiger charge is 2.27. The molecule has 1 N–H and O–H groups in total. The van der Waals surface area contributed by atoms with E-state index in [0.29, 0.717) is 11.3 Å². The SMILES string of the molecule is Cc1nc(C(NC(=O)c2c(C)nn(-c3ccccc3)c2Cl)c2cccc3ccccc23)sc1C. The molecule has 170 valence electrons. The lowest BCUT2D eigenvalue weighted by Crippen LogP contribution is -2.30. The first-order chi connectivity index (χ1) is 16.4. The summed E-state index contributed by atoms with van der Waals surface area (Å²) in [5, 5.41) is 11.0. The van der Waals surface area contributed by atoms with Crippen LogP contribution in [0.2, 0.25) is 5.15 Å². The Morgan fingerprint density at radius 3 is 2.38 bits per heavy atom. The number of aryl methyl sites for hydroxylation is 3. The van der Waals surface area contributed by atoms with E-state index < -0.39 is 6.04 Å². The number of amides is 1. The summed E-state index contributed by atoms with van der Waals surface area (Å²) in [5.74, 6) is -0.284. The highest BCUT2D eigenvalue weighted by atomic mass is 35.5. The fourth-order valence-corrected chi connectivity index (χ4v) is 5.45. The fraction of sp³-hybridized carbons (Fsp3) is 0.148. The molecule has 34 heavy (non-hydrogen) atoms. The van der Waals surface area contributed by atoms with Gasteiger partial charge >= 0.3 is 0 Å². The molecule has 0 aliphatic rings. The van der Waals surface area contributed by atoms with Crippen molar-refractivity contribution in [3.63, 3.8) is 0 Å². The first-order valence-electron chi connectivity index (χ1n) is 11.0. The van der Waals surface area contributed by atoms with Gasteiger partial charge in [-0.2, -0.15) is 5.10 Å². The van der Waals surface area contributed by atoms with Crippen molar-refractivity contribution in [1.29, 1.82) is 0 Å². The second-order valence-corrected chi connectivity index (χ2v) is 9.76. The molecule has 1 unspecified atom stereocenters. The van der Waals surface area contributed by atoms with Gasteiger partial charge < -0.3 is 5.32 Å². The summed E-state index contributed by atoms with van der Waals surface area (Å²) in [7, 11) is 0. The van der Waals surface area contributed by atoms with E-state index in [1.165, 1.54) is 0 Å². The van der Waals surface area contributed by atoms with E-state index in [1.54, 1.807) is 22.9 Å². The van der Waals surface area contributed by atoms with Gasteiger partial charge in [-0.05, 0) is 49.2 Å². The maximum Gasteiger partial charge on any atom is 0.257 e. The Hall–Kier alpha value is -3.48. The minimum Gasteiger partial charge on any atom is -0.338 e. The van der Waals surface area contributed by atoms with E-state index in [2.05, 4.69) is 28.6 Å². The minimum absolute atomic E-state index is 0.282. The van der Waals surface area contributed by atoms with Crippen LogP contribution >= 0.6 is 22.9 Å². The molecular formula is C27H23ClN4OS. The maximum atomic E-state index is 13.6. The van der Waals surface area contributed by atoms with Crippen LogP contribution < -0.4 is 5.32 Å². The molecule has 0 aliphatic carbocycles. The second kappa shape index (κ2) is 9.05. The normalized spacial score (nSPS) is 12.1. The van der Waals surface area contributed by atoms with E-state index in [0.717, 1.165) is 37.6 Å². The Labute approximate surface area is 207 Å². The predicted molar refractivity (Wildman–Crippen MR) is 138 cm³/mol. The number of carbonyl (C=O) groups is 1. The standard InChI is InChI=1S/C27H23ClN4OS/c1-16-18(3)34-27(29-16)24(22-15-9-11-19-10-7-8-14-21(19)22)30-26(33)23-17(2)31-32(25(23)28)20-12-5-4-6-13-20/h4-15,24H,1-3H3,(H,30,33). The van der Waals surface area contributed by atoms with Gasteiger partial charge in [-0.25, -0.2) is 9.67 Å².